The average Bonchev–Trinajstić information content (AvgIpc) is 3.43. The van der Waals surface area contributed by atoms with E-state index in [1.165, 1.54) is 16.7 Å². The van der Waals surface area contributed by atoms with Gasteiger partial charge in [-0.05, 0) is 52.6 Å². The van der Waals surface area contributed by atoms with E-state index in [1.807, 2.05) is 66.7 Å². The van der Waals surface area contributed by atoms with Gasteiger partial charge in [0.15, 0.2) is 5.82 Å². The summed E-state index contributed by atoms with van der Waals surface area (Å²) in [5.74, 6) is 2.36. The molecular weight excluding hydrogens is 562 g/mol. The Kier molecular flexibility index (Phi) is 5.75. The maximum absolute atomic E-state index is 9.64. The second kappa shape index (κ2) is 10.1. The molecule has 1 aliphatic heterocycles. The van der Waals surface area contributed by atoms with Gasteiger partial charge in [0.25, 0.3) is 0 Å². The van der Waals surface area contributed by atoms with Crippen molar-refractivity contribution in [1.29, 1.82) is 5.26 Å². The normalized spacial score (nSPS) is 13.1. The molecule has 4 nitrogen and oxygen atoms in total. The van der Waals surface area contributed by atoms with Crippen molar-refractivity contribution < 1.29 is 4.74 Å². The molecule has 2 heterocycles. The van der Waals surface area contributed by atoms with E-state index >= 15 is 0 Å². The highest BCUT2D eigenvalue weighted by molar-refractivity contribution is 5.96. The van der Waals surface area contributed by atoms with Crippen LogP contribution in [0, 0.1) is 11.3 Å². The van der Waals surface area contributed by atoms with Gasteiger partial charge in [0.2, 0.25) is 0 Å². The second-order valence-corrected chi connectivity index (χ2v) is 11.6. The van der Waals surface area contributed by atoms with Crippen LogP contribution in [-0.4, -0.2) is 9.97 Å². The highest BCUT2D eigenvalue weighted by Crippen LogP contribution is 2.63. The maximum atomic E-state index is 9.64. The molecule has 0 radical (unpaired) electrons. The zero-order valence-corrected chi connectivity index (χ0v) is 24.7. The second-order valence-electron chi connectivity index (χ2n) is 11.6. The molecule has 0 fully saturated rings. The summed E-state index contributed by atoms with van der Waals surface area (Å²) in [4.78, 5) is 10.2. The summed E-state index contributed by atoms with van der Waals surface area (Å²) >= 11 is 0. The quantitative estimate of drug-likeness (QED) is 0.206. The first-order chi connectivity index (χ1) is 22.8. The molecular formula is C42H25N3O. The molecule has 0 amide bonds. The van der Waals surface area contributed by atoms with Crippen LogP contribution in [0.2, 0.25) is 0 Å². The van der Waals surface area contributed by atoms with Crippen LogP contribution in [0.25, 0.3) is 45.0 Å². The molecule has 2 aliphatic rings. The van der Waals surface area contributed by atoms with Crippen molar-refractivity contribution in [3.05, 3.63) is 179 Å². The highest BCUT2D eigenvalue weighted by atomic mass is 16.5. The van der Waals surface area contributed by atoms with Crippen LogP contribution in [0.15, 0.2) is 152 Å². The molecule has 0 bridgehead atoms. The molecule has 1 aromatic heterocycles. The van der Waals surface area contributed by atoms with E-state index in [2.05, 4.69) is 91.0 Å². The number of ether oxygens (including phenoxy) is 1. The van der Waals surface area contributed by atoms with Crippen LogP contribution in [0.5, 0.6) is 11.5 Å². The third kappa shape index (κ3) is 3.73. The Morgan fingerprint density at radius 1 is 0.500 bits per heavy atom. The molecule has 0 atom stereocenters. The zero-order valence-electron chi connectivity index (χ0n) is 24.7. The van der Waals surface area contributed by atoms with Gasteiger partial charge in [0, 0.05) is 27.8 Å². The van der Waals surface area contributed by atoms with Gasteiger partial charge in [0.05, 0.1) is 28.4 Å². The van der Waals surface area contributed by atoms with Gasteiger partial charge in [-0.3, -0.25) is 0 Å². The van der Waals surface area contributed by atoms with Crippen molar-refractivity contribution in [2.45, 2.75) is 5.41 Å². The lowest BCUT2D eigenvalue weighted by Gasteiger charge is -2.39. The van der Waals surface area contributed by atoms with Crippen LogP contribution in [-0.2, 0) is 5.41 Å². The van der Waals surface area contributed by atoms with Crippen LogP contribution < -0.4 is 4.74 Å². The molecule has 9 rings (SSSR count). The summed E-state index contributed by atoms with van der Waals surface area (Å²) in [6.07, 6.45) is 0. The lowest BCUT2D eigenvalue weighted by atomic mass is 9.66. The fourth-order valence-corrected chi connectivity index (χ4v) is 7.31. The average molecular weight is 588 g/mol. The molecule has 0 N–H and O–H groups in total. The Balaban J connectivity index is 1.36. The first-order valence-electron chi connectivity index (χ1n) is 15.3. The fourth-order valence-electron chi connectivity index (χ4n) is 7.31. The fraction of sp³-hybridized carbons (Fsp3) is 0.0238. The van der Waals surface area contributed by atoms with Crippen molar-refractivity contribution >= 4 is 0 Å². The molecule has 0 saturated heterocycles. The van der Waals surface area contributed by atoms with Gasteiger partial charge in [-0.1, -0.05) is 121 Å². The van der Waals surface area contributed by atoms with Gasteiger partial charge in [-0.25, -0.2) is 9.97 Å². The van der Waals surface area contributed by atoms with Gasteiger partial charge in [-0.2, -0.15) is 5.26 Å². The zero-order chi connectivity index (χ0) is 30.7. The van der Waals surface area contributed by atoms with E-state index in [-0.39, 0.29) is 0 Å². The van der Waals surface area contributed by atoms with Crippen LogP contribution >= 0.6 is 0 Å². The number of para-hydroxylation sites is 2. The predicted octanol–water partition coefficient (Wildman–Crippen LogP) is 9.82. The largest absolute Gasteiger partial charge is 0.457 e. The Morgan fingerprint density at radius 3 is 1.85 bits per heavy atom. The smallest absolute Gasteiger partial charge is 0.160 e. The number of hydrogen-bond donors (Lipinski definition) is 0. The van der Waals surface area contributed by atoms with Crippen molar-refractivity contribution in [3.8, 4) is 62.6 Å². The van der Waals surface area contributed by atoms with E-state index in [1.54, 1.807) is 0 Å². The molecule has 0 unspecified atom stereocenters. The van der Waals surface area contributed by atoms with E-state index in [0.717, 1.165) is 56.3 Å². The highest BCUT2D eigenvalue weighted by Gasteiger charge is 2.51. The molecule has 1 spiro atoms. The minimum Gasteiger partial charge on any atom is -0.457 e. The number of hydrogen-bond acceptors (Lipinski definition) is 4. The summed E-state index contributed by atoms with van der Waals surface area (Å²) in [7, 11) is 0. The summed E-state index contributed by atoms with van der Waals surface area (Å²) in [6.45, 7) is 0. The van der Waals surface area contributed by atoms with Gasteiger partial charge in [0.1, 0.15) is 11.5 Å². The van der Waals surface area contributed by atoms with Gasteiger partial charge in [-0.15, -0.1) is 0 Å². The number of nitriles is 1. The molecule has 214 valence electrons. The van der Waals surface area contributed by atoms with Gasteiger partial charge < -0.3 is 4.74 Å². The number of rotatable bonds is 3. The van der Waals surface area contributed by atoms with Crippen molar-refractivity contribution in [3.63, 3.8) is 0 Å². The molecule has 6 aromatic carbocycles. The molecule has 7 aromatic rings. The third-order valence-electron chi connectivity index (χ3n) is 9.19. The van der Waals surface area contributed by atoms with E-state index in [4.69, 9.17) is 14.7 Å². The van der Waals surface area contributed by atoms with E-state index in [0.29, 0.717) is 11.4 Å². The number of aromatic nitrogens is 2. The predicted molar refractivity (Wildman–Crippen MR) is 180 cm³/mol. The molecule has 1 aliphatic carbocycles. The van der Waals surface area contributed by atoms with Crippen LogP contribution in [0.3, 0.4) is 0 Å². The lowest BCUT2D eigenvalue weighted by molar-refractivity contribution is 0.436. The number of nitrogens with zero attached hydrogens (tertiary/aromatic N) is 3. The molecule has 46 heavy (non-hydrogen) atoms. The lowest BCUT2D eigenvalue weighted by Crippen LogP contribution is -2.32. The first kappa shape index (κ1) is 26.1. The van der Waals surface area contributed by atoms with Crippen molar-refractivity contribution in [1.82, 2.24) is 9.97 Å². The summed E-state index contributed by atoms with van der Waals surface area (Å²) in [6, 6.07) is 54.1. The van der Waals surface area contributed by atoms with Crippen LogP contribution in [0.1, 0.15) is 27.8 Å². The topological polar surface area (TPSA) is 58.8 Å². The SMILES string of the molecule is N#Cc1cccc(-c2cc(-c3cccc4c3-c3ccccc3C43c4ccccc4Oc4ccccc43)nc(-c3ccccc3)n2)c1. The molecule has 4 heteroatoms. The third-order valence-corrected chi connectivity index (χ3v) is 9.19. The summed E-state index contributed by atoms with van der Waals surface area (Å²) < 4.78 is 6.51. The number of fused-ring (bicyclic) bond motifs is 9. The van der Waals surface area contributed by atoms with Crippen molar-refractivity contribution in [2.75, 3.05) is 0 Å². The summed E-state index contributed by atoms with van der Waals surface area (Å²) in [5.41, 5.74) is 11.4. The Morgan fingerprint density at radius 2 is 1.09 bits per heavy atom. The minimum absolute atomic E-state index is 0.563. The first-order valence-corrected chi connectivity index (χ1v) is 15.3. The van der Waals surface area contributed by atoms with Crippen molar-refractivity contribution in [2.24, 2.45) is 0 Å². The van der Waals surface area contributed by atoms with Crippen LogP contribution in [0.4, 0.5) is 0 Å². The Hall–Kier alpha value is -6.31. The summed E-state index contributed by atoms with van der Waals surface area (Å²) in [5, 5.41) is 9.64. The van der Waals surface area contributed by atoms with E-state index < -0.39 is 5.41 Å². The minimum atomic E-state index is -0.563. The Bertz CT molecular complexity index is 2330. The monoisotopic (exact) mass is 587 g/mol. The van der Waals surface area contributed by atoms with E-state index in [9.17, 15) is 5.26 Å². The maximum Gasteiger partial charge on any atom is 0.160 e. The van der Waals surface area contributed by atoms with Gasteiger partial charge >= 0.3 is 0 Å². The molecule has 0 saturated carbocycles. The number of benzene rings is 6. The Labute approximate surface area is 266 Å². The standard InChI is InChI=1S/C42H25N3O/c43-26-27-12-10-15-29(24-27)36-25-37(45-41(44-36)28-13-2-1-3-14-28)31-17-11-21-35-40(31)30-16-4-5-18-32(30)42(35)33-19-6-8-22-38(33)46-39-23-9-7-20-34(39)42/h1-25H.